The Morgan fingerprint density at radius 3 is 2.28 bits per heavy atom. The second-order valence-electron chi connectivity index (χ2n) is 7.54. The summed E-state index contributed by atoms with van der Waals surface area (Å²) in [6.07, 6.45) is -10.8. The van der Waals surface area contributed by atoms with Crippen LogP contribution < -0.4 is 4.74 Å². The Balaban J connectivity index is 1.79. The zero-order chi connectivity index (χ0) is 23.7. The fourth-order valence-electron chi connectivity index (χ4n) is 3.38. The molecular weight excluding hydrogens is 457 g/mol. The van der Waals surface area contributed by atoms with E-state index in [-0.39, 0.29) is 12.2 Å². The van der Waals surface area contributed by atoms with Crippen molar-refractivity contribution in [3.63, 3.8) is 0 Å². The highest BCUT2D eigenvalue weighted by molar-refractivity contribution is 6.31. The Labute approximate surface area is 186 Å². The Morgan fingerprint density at radius 2 is 1.69 bits per heavy atom. The fraction of sp³-hybridized carbons (Fsp3) is 0.429. The quantitative estimate of drug-likeness (QED) is 0.429. The van der Waals surface area contributed by atoms with Crippen molar-refractivity contribution in [2.24, 2.45) is 0 Å². The van der Waals surface area contributed by atoms with E-state index in [9.17, 15) is 38.7 Å². The summed E-state index contributed by atoms with van der Waals surface area (Å²) < 4.78 is 46.8. The van der Waals surface area contributed by atoms with Crippen molar-refractivity contribution in [1.29, 1.82) is 0 Å². The second-order valence-corrected chi connectivity index (χ2v) is 7.95. The minimum absolute atomic E-state index is 0.0560. The minimum Gasteiger partial charge on any atom is -0.484 e. The summed E-state index contributed by atoms with van der Waals surface area (Å²) in [5, 5.41) is 50.2. The zero-order valence-electron chi connectivity index (χ0n) is 16.5. The largest absolute Gasteiger partial charge is 0.484 e. The zero-order valence-corrected chi connectivity index (χ0v) is 17.3. The van der Waals surface area contributed by atoms with Crippen LogP contribution in [0.5, 0.6) is 5.75 Å². The van der Waals surface area contributed by atoms with E-state index in [1.165, 1.54) is 24.3 Å². The lowest BCUT2D eigenvalue weighted by Gasteiger charge is -2.45. The molecule has 1 aliphatic heterocycles. The number of aliphatic hydroxyl groups excluding tert-OH is 4. The van der Waals surface area contributed by atoms with Gasteiger partial charge in [0.2, 0.25) is 5.79 Å². The van der Waals surface area contributed by atoms with Crippen LogP contribution in [-0.4, -0.2) is 69.0 Å². The summed E-state index contributed by atoms with van der Waals surface area (Å²) in [6.45, 7) is -2.41. The van der Waals surface area contributed by atoms with Crippen LogP contribution in [0.2, 0.25) is 5.02 Å². The van der Waals surface area contributed by atoms with Gasteiger partial charge in [0.15, 0.2) is 6.61 Å². The maximum Gasteiger partial charge on any atom is 0.422 e. The molecule has 0 radical (unpaired) electrons. The maximum absolute atomic E-state index is 12.3. The van der Waals surface area contributed by atoms with Crippen LogP contribution in [0.3, 0.4) is 0 Å². The van der Waals surface area contributed by atoms with E-state index in [0.717, 1.165) is 0 Å². The summed E-state index contributed by atoms with van der Waals surface area (Å²) in [4.78, 5) is 0. The molecule has 0 bridgehead atoms. The van der Waals surface area contributed by atoms with Gasteiger partial charge in [0.1, 0.15) is 30.2 Å². The van der Waals surface area contributed by atoms with Gasteiger partial charge in [0.05, 0.1) is 6.61 Å². The molecule has 1 fully saturated rings. The molecule has 3 rings (SSSR count). The molecule has 0 aromatic heterocycles. The molecule has 1 heterocycles. The first-order valence-electron chi connectivity index (χ1n) is 9.55. The van der Waals surface area contributed by atoms with Gasteiger partial charge in [0, 0.05) is 5.02 Å². The molecule has 0 spiro atoms. The molecule has 5 N–H and O–H groups in total. The number of hydrogen-bond donors (Lipinski definition) is 5. The number of alkyl halides is 3. The maximum atomic E-state index is 12.3. The Kier molecular flexibility index (Phi) is 7.35. The van der Waals surface area contributed by atoms with E-state index in [4.69, 9.17) is 16.3 Å². The van der Waals surface area contributed by atoms with Gasteiger partial charge in [0.25, 0.3) is 0 Å². The highest BCUT2D eigenvalue weighted by Crippen LogP contribution is 2.38. The molecule has 2 aromatic carbocycles. The number of aliphatic hydroxyl groups is 5. The Hall–Kier alpha value is -1.92. The monoisotopic (exact) mass is 478 g/mol. The second kappa shape index (κ2) is 9.52. The van der Waals surface area contributed by atoms with Gasteiger partial charge in [-0.05, 0) is 41.3 Å². The van der Waals surface area contributed by atoms with Crippen LogP contribution in [0.1, 0.15) is 22.8 Å². The van der Waals surface area contributed by atoms with Crippen molar-refractivity contribution in [1.82, 2.24) is 0 Å². The summed E-state index contributed by atoms with van der Waals surface area (Å²) in [5.74, 6) is -2.42. The lowest BCUT2D eigenvalue weighted by molar-refractivity contribution is -0.357. The standard InChI is InChI=1S/C21H22ClF3O7/c22-15-6-3-12(18-16(27)17(28)19(29)20(30,9-26)32-18)8-13(15)7-11-1-4-14(5-2-11)31-10-21(23,24)25/h1-6,8,16-19,26-30H,7,9-10H2/t16-,17?,18?,19+,20-/m1/s1. The summed E-state index contributed by atoms with van der Waals surface area (Å²) in [5.41, 5.74) is 1.59. The predicted octanol–water partition coefficient (Wildman–Crippen LogP) is 1.71. The third-order valence-corrected chi connectivity index (χ3v) is 5.49. The van der Waals surface area contributed by atoms with Crippen molar-refractivity contribution < 1.29 is 48.2 Å². The molecule has 1 saturated heterocycles. The normalized spacial score (nSPS) is 28.5. The molecule has 0 amide bonds. The van der Waals surface area contributed by atoms with Crippen molar-refractivity contribution >= 4 is 11.6 Å². The van der Waals surface area contributed by atoms with Crippen LogP contribution in [0.4, 0.5) is 13.2 Å². The molecule has 2 unspecified atom stereocenters. The first kappa shape index (κ1) is 24.7. The van der Waals surface area contributed by atoms with E-state index in [1.54, 1.807) is 18.2 Å². The highest BCUT2D eigenvalue weighted by atomic mass is 35.5. The third kappa shape index (κ3) is 5.52. The van der Waals surface area contributed by atoms with Gasteiger partial charge < -0.3 is 35.0 Å². The van der Waals surface area contributed by atoms with Gasteiger partial charge in [-0.15, -0.1) is 0 Å². The molecule has 1 aliphatic rings. The fourth-order valence-corrected chi connectivity index (χ4v) is 3.57. The van der Waals surface area contributed by atoms with Crippen LogP contribution in [0, 0.1) is 0 Å². The summed E-state index contributed by atoms with van der Waals surface area (Å²) in [7, 11) is 0. The van der Waals surface area contributed by atoms with E-state index < -0.39 is 49.6 Å². The molecular formula is C21H22ClF3O7. The highest BCUT2D eigenvalue weighted by Gasteiger charge is 2.52. The molecule has 0 saturated carbocycles. The van der Waals surface area contributed by atoms with Crippen molar-refractivity contribution in [2.75, 3.05) is 13.2 Å². The Bertz CT molecular complexity index is 925. The third-order valence-electron chi connectivity index (χ3n) is 5.12. The molecule has 0 aliphatic carbocycles. The summed E-state index contributed by atoms with van der Waals surface area (Å²) >= 11 is 6.26. The van der Waals surface area contributed by atoms with Crippen molar-refractivity contribution in [2.45, 2.75) is 42.8 Å². The van der Waals surface area contributed by atoms with E-state index in [1.807, 2.05) is 0 Å². The van der Waals surface area contributed by atoms with Gasteiger partial charge in [-0.3, -0.25) is 0 Å². The van der Waals surface area contributed by atoms with E-state index in [2.05, 4.69) is 4.74 Å². The Morgan fingerprint density at radius 1 is 1.03 bits per heavy atom. The molecule has 11 heteroatoms. The number of halogens is 4. The number of benzene rings is 2. The lowest BCUT2D eigenvalue weighted by Crippen LogP contribution is -2.63. The van der Waals surface area contributed by atoms with E-state index >= 15 is 0 Å². The topological polar surface area (TPSA) is 120 Å². The average Bonchev–Trinajstić information content (AvgIpc) is 2.75. The SMILES string of the molecule is OC[C@@]1(O)OC(c2ccc(Cl)c(Cc3ccc(OCC(F)(F)F)cc3)c2)[C@H](O)C(O)[C@@H]1O. The van der Waals surface area contributed by atoms with Crippen LogP contribution in [0.15, 0.2) is 42.5 Å². The van der Waals surface area contributed by atoms with Gasteiger partial charge >= 0.3 is 6.18 Å². The molecule has 2 aromatic rings. The van der Waals surface area contributed by atoms with Crippen molar-refractivity contribution in [3.8, 4) is 5.75 Å². The van der Waals surface area contributed by atoms with Gasteiger partial charge in [-0.2, -0.15) is 13.2 Å². The minimum atomic E-state index is -4.44. The number of rotatable bonds is 6. The van der Waals surface area contributed by atoms with Crippen LogP contribution in [-0.2, 0) is 11.2 Å². The lowest BCUT2D eigenvalue weighted by atomic mass is 9.88. The first-order chi connectivity index (χ1) is 14.9. The van der Waals surface area contributed by atoms with Crippen LogP contribution >= 0.6 is 11.6 Å². The molecule has 32 heavy (non-hydrogen) atoms. The number of hydrogen-bond acceptors (Lipinski definition) is 7. The molecule has 7 nitrogen and oxygen atoms in total. The van der Waals surface area contributed by atoms with Gasteiger partial charge in [-0.1, -0.05) is 35.9 Å². The molecule has 176 valence electrons. The summed E-state index contributed by atoms with van der Waals surface area (Å²) in [6, 6.07) is 10.5. The predicted molar refractivity (Wildman–Crippen MR) is 106 cm³/mol. The smallest absolute Gasteiger partial charge is 0.422 e. The number of ether oxygens (including phenoxy) is 2. The van der Waals surface area contributed by atoms with Crippen LogP contribution in [0.25, 0.3) is 0 Å². The average molecular weight is 479 g/mol. The molecule has 5 atom stereocenters. The van der Waals surface area contributed by atoms with Crippen molar-refractivity contribution in [3.05, 3.63) is 64.2 Å². The first-order valence-corrected chi connectivity index (χ1v) is 9.93. The van der Waals surface area contributed by atoms with E-state index in [0.29, 0.717) is 21.7 Å². The van der Waals surface area contributed by atoms with Gasteiger partial charge in [-0.25, -0.2) is 0 Å².